The Morgan fingerprint density at radius 2 is 0.810 bits per heavy atom. The SMILES string of the molecule is CC1C(=O)N(C)C(=O)C1C.CC1C(=O)N(CC(=O)OC(C)(C)C)C(=O)C1C.CC1C(=O)N(O)C(=O)C1C.CC1C(=O)NC(=O)C1C.CC1C(=O)OC(=O)C1C.CC1C(=O)SC(=O)C1C.CCC1(OC(=O)CN2C(=O)C(C)C(C)C2=O)CCCC1. The lowest BCUT2D eigenvalue weighted by atomic mass is 9.99. The lowest BCUT2D eigenvalue weighted by Gasteiger charge is -2.28. The lowest BCUT2D eigenvalue weighted by Crippen LogP contribution is -2.40. The van der Waals surface area contributed by atoms with Crippen molar-refractivity contribution in [3.63, 3.8) is 0 Å². The molecule has 0 bridgehead atoms. The predicted molar refractivity (Wildman–Crippen MR) is 298 cm³/mol. The molecule has 8 rings (SSSR count). The van der Waals surface area contributed by atoms with Gasteiger partial charge in [0, 0.05) is 78.1 Å². The molecule has 2 N–H and O–H groups in total. The summed E-state index contributed by atoms with van der Waals surface area (Å²) in [6.45, 7) is 30.8. The van der Waals surface area contributed by atoms with E-state index in [1.165, 1.54) is 11.9 Å². The zero-order valence-electron chi connectivity index (χ0n) is 51.9. The molecule has 14 atom stereocenters. The molecule has 7 saturated heterocycles. The van der Waals surface area contributed by atoms with E-state index in [1.54, 1.807) is 118 Å². The van der Waals surface area contributed by atoms with Crippen LogP contribution in [0.1, 0.15) is 157 Å². The highest BCUT2D eigenvalue weighted by Gasteiger charge is 2.47. The van der Waals surface area contributed by atoms with Gasteiger partial charge in [-0.15, -0.1) is 0 Å². The summed E-state index contributed by atoms with van der Waals surface area (Å²) in [6, 6.07) is 0. The van der Waals surface area contributed by atoms with Gasteiger partial charge in [-0.3, -0.25) is 102 Å². The zero-order valence-corrected chi connectivity index (χ0v) is 52.8. The van der Waals surface area contributed by atoms with Gasteiger partial charge in [0.25, 0.3) is 11.8 Å². The fourth-order valence-electron chi connectivity index (χ4n) is 9.08. The number of carbonyl (C=O) groups is 16. The van der Waals surface area contributed by atoms with Crippen LogP contribution in [0.2, 0.25) is 0 Å². The van der Waals surface area contributed by atoms with E-state index in [9.17, 15) is 76.7 Å². The molecular weight excluding hydrogens is 1120 g/mol. The normalized spacial score (nSPS) is 31.4. The van der Waals surface area contributed by atoms with Crippen molar-refractivity contribution in [2.24, 2.45) is 82.9 Å². The molecule has 470 valence electrons. The number of amides is 10. The van der Waals surface area contributed by atoms with E-state index < -0.39 is 41.3 Å². The minimum Gasteiger partial charge on any atom is -0.459 e. The molecule has 0 spiro atoms. The second-order valence-corrected chi connectivity index (χ2v) is 24.9. The molecule has 14 unspecified atom stereocenters. The van der Waals surface area contributed by atoms with Crippen molar-refractivity contribution in [1.29, 1.82) is 0 Å². The second-order valence-electron chi connectivity index (χ2n) is 23.9. The van der Waals surface area contributed by atoms with Gasteiger partial charge in [-0.2, -0.15) is 5.06 Å². The monoisotopic (exact) mass is 1210 g/mol. The van der Waals surface area contributed by atoms with E-state index in [2.05, 4.69) is 10.1 Å². The van der Waals surface area contributed by atoms with Crippen LogP contribution in [-0.2, 0) is 90.9 Å². The Balaban J connectivity index is 0.000000343. The molecule has 25 nitrogen and oxygen atoms in total. The highest BCUT2D eigenvalue weighted by atomic mass is 32.2. The summed E-state index contributed by atoms with van der Waals surface area (Å²) < 4.78 is 15.0. The maximum Gasteiger partial charge on any atom is 0.326 e. The molecule has 1 aliphatic carbocycles. The van der Waals surface area contributed by atoms with Crippen molar-refractivity contribution in [3.8, 4) is 0 Å². The molecule has 1 saturated carbocycles. The van der Waals surface area contributed by atoms with E-state index in [4.69, 9.17) is 14.7 Å². The van der Waals surface area contributed by atoms with Gasteiger partial charge in [-0.05, 0) is 64.6 Å². The smallest absolute Gasteiger partial charge is 0.326 e. The van der Waals surface area contributed by atoms with Gasteiger partial charge in [-0.25, -0.2) is 0 Å². The van der Waals surface area contributed by atoms with E-state index in [0.717, 1.165) is 53.7 Å². The third-order valence-electron chi connectivity index (χ3n) is 17.0. The summed E-state index contributed by atoms with van der Waals surface area (Å²) in [4.78, 5) is 182. The van der Waals surface area contributed by atoms with Crippen LogP contribution in [0.4, 0.5) is 0 Å². The van der Waals surface area contributed by atoms with Gasteiger partial charge in [0.05, 0.1) is 11.8 Å². The average molecular weight is 1210 g/mol. The first-order chi connectivity index (χ1) is 38.5. The topological polar surface area (TPSA) is 346 Å². The minimum absolute atomic E-state index is 0.0208. The molecule has 7 aliphatic heterocycles. The minimum atomic E-state index is -0.611. The van der Waals surface area contributed by atoms with E-state index >= 15 is 0 Å². The number of rotatable bonds is 6. The molecule has 7 heterocycles. The van der Waals surface area contributed by atoms with Crippen molar-refractivity contribution >= 4 is 105 Å². The maximum atomic E-state index is 12.1. The number of likely N-dealkylation sites (tertiary alicyclic amines) is 3. The van der Waals surface area contributed by atoms with Gasteiger partial charge < -0.3 is 14.2 Å². The number of imide groups is 5. The summed E-state index contributed by atoms with van der Waals surface area (Å²) in [5, 5.41) is 11.2. The number of nitrogens with one attached hydrogen (secondary N) is 1. The molecule has 0 radical (unpaired) electrons. The van der Waals surface area contributed by atoms with E-state index in [0.29, 0.717) is 0 Å². The Bertz CT molecular complexity index is 2340. The largest absolute Gasteiger partial charge is 0.459 e. The van der Waals surface area contributed by atoms with Crippen LogP contribution in [0.25, 0.3) is 0 Å². The number of hydrogen-bond acceptors (Lipinski definition) is 21. The molecular formula is C58H87N5O20S. The predicted octanol–water partition coefficient (Wildman–Crippen LogP) is 4.45. The van der Waals surface area contributed by atoms with Crippen LogP contribution in [-0.4, -0.2) is 149 Å². The first-order valence-corrected chi connectivity index (χ1v) is 29.2. The summed E-state index contributed by atoms with van der Waals surface area (Å²) in [7, 11) is 1.53. The van der Waals surface area contributed by atoms with Crippen LogP contribution in [0.5, 0.6) is 0 Å². The number of carbonyl (C=O) groups excluding carboxylic acids is 16. The Morgan fingerprint density at radius 1 is 0.500 bits per heavy atom. The Labute approximate surface area is 495 Å². The lowest BCUT2D eigenvalue weighted by molar-refractivity contribution is -0.173. The standard InChI is InChI=1S/C15H23NO4.C12H19NO4.C7H11NO2.C6H9NO3.C6H9NO2.C6H8O3.C6H8O2S/c1-4-15(7-5-6-8-15)20-12(17)9-16-13(18)10(2)11(3)14(16)19;1-7-8(2)11(16)13(10(7)15)6-9(14)17-12(3,4)5;1-4-5(2)7(10)8(3)6(4)9;1-3-4(2)6(9)7(10)5(3)8;1-3-4(2)6(9)7-5(3)8;2*1-3-4(2)6(8)9-5(3)7/h10-11H,4-9H2,1-3H3;7-8H,6H2,1-5H3;4-5H,1-3H3;3-4,10H,1-2H3;3-4H,1-2H3,(H,7,8,9);2*3-4H,1-2H3. The van der Waals surface area contributed by atoms with Crippen LogP contribution in [0.15, 0.2) is 0 Å². The number of ether oxygens (including phenoxy) is 3. The molecule has 8 aliphatic rings. The summed E-state index contributed by atoms with van der Waals surface area (Å²) in [6.07, 6.45) is 4.68. The van der Waals surface area contributed by atoms with Gasteiger partial charge in [-0.1, -0.05) is 104 Å². The van der Waals surface area contributed by atoms with Gasteiger partial charge in [0.1, 0.15) is 24.3 Å². The number of thioether (sulfide) groups is 1. The molecule has 0 aromatic carbocycles. The van der Waals surface area contributed by atoms with Crippen molar-refractivity contribution in [2.75, 3.05) is 20.1 Å². The highest BCUT2D eigenvalue weighted by molar-refractivity contribution is 8.26. The molecule has 0 aromatic rings. The summed E-state index contributed by atoms with van der Waals surface area (Å²) in [5.41, 5.74) is -0.986. The van der Waals surface area contributed by atoms with Gasteiger partial charge in [0.2, 0.25) is 47.3 Å². The van der Waals surface area contributed by atoms with Crippen LogP contribution < -0.4 is 5.32 Å². The maximum absolute atomic E-state index is 12.1. The molecule has 10 amide bonds. The Kier molecular flexibility index (Phi) is 26.7. The van der Waals surface area contributed by atoms with Crippen molar-refractivity contribution in [1.82, 2.24) is 25.1 Å². The van der Waals surface area contributed by atoms with E-state index in [1.807, 2.05) is 6.92 Å². The average Bonchev–Trinajstić information content (AvgIpc) is 4.43. The van der Waals surface area contributed by atoms with Crippen LogP contribution in [0, 0.1) is 82.9 Å². The number of nitrogens with zero attached hydrogens (tertiary/aromatic N) is 4. The van der Waals surface area contributed by atoms with Gasteiger partial charge >= 0.3 is 23.9 Å². The van der Waals surface area contributed by atoms with Gasteiger partial charge in [0.15, 0.2) is 10.2 Å². The number of esters is 4. The Hall–Kier alpha value is -6.57. The van der Waals surface area contributed by atoms with Crippen LogP contribution >= 0.6 is 11.8 Å². The number of hydroxylamine groups is 2. The fourth-order valence-corrected chi connectivity index (χ4v) is 10.1. The van der Waals surface area contributed by atoms with Crippen LogP contribution in [0.3, 0.4) is 0 Å². The zero-order chi connectivity index (χ0) is 65.1. The quantitative estimate of drug-likeness (QED) is 0.122. The fraction of sp³-hybridized carbons (Fsp3) is 0.724. The van der Waals surface area contributed by atoms with E-state index in [-0.39, 0.29) is 164 Å². The third kappa shape index (κ3) is 18.2. The third-order valence-corrected chi connectivity index (χ3v) is 18.1. The summed E-state index contributed by atoms with van der Waals surface area (Å²) >= 11 is 0.859. The summed E-state index contributed by atoms with van der Waals surface area (Å²) in [5.74, 6) is -7.68. The highest BCUT2D eigenvalue weighted by Crippen LogP contribution is 2.37. The Morgan fingerprint density at radius 3 is 1.01 bits per heavy atom. The van der Waals surface area contributed by atoms with Crippen molar-refractivity contribution < 1.29 is 96.1 Å². The molecule has 26 heteroatoms. The van der Waals surface area contributed by atoms with Crippen molar-refractivity contribution in [2.45, 2.75) is 168 Å². The number of cyclic esters (lactones) is 2. The molecule has 0 aromatic heterocycles. The molecule has 84 heavy (non-hydrogen) atoms. The molecule has 8 fully saturated rings. The van der Waals surface area contributed by atoms with Crippen molar-refractivity contribution in [3.05, 3.63) is 0 Å². The number of hydrogen-bond donors (Lipinski definition) is 2. The first kappa shape index (κ1) is 73.5. The second kappa shape index (κ2) is 30.5. The first-order valence-electron chi connectivity index (χ1n) is 28.4.